The number of benzene rings is 2. The molecule has 0 unspecified atom stereocenters. The van der Waals surface area contributed by atoms with E-state index in [2.05, 4.69) is 31.6 Å². The summed E-state index contributed by atoms with van der Waals surface area (Å²) in [5.41, 5.74) is 1.78. The minimum absolute atomic E-state index is 0.0595. The summed E-state index contributed by atoms with van der Waals surface area (Å²) < 4.78 is 1.32. The van der Waals surface area contributed by atoms with E-state index < -0.39 is 9.85 Å². The van der Waals surface area contributed by atoms with Crippen molar-refractivity contribution in [2.45, 2.75) is 0 Å². The SMILES string of the molecule is O=[N+]([O-])c1ccc(-c2cc([N+](=O)[O-])cc3nn[n]([Ag])c23)cc1. The molecule has 1 heterocycles. The Balaban J connectivity index is 2.25. The zero-order valence-corrected chi connectivity index (χ0v) is 12.1. The van der Waals surface area contributed by atoms with Gasteiger partial charge in [0, 0.05) is 0 Å². The van der Waals surface area contributed by atoms with Gasteiger partial charge in [0.2, 0.25) is 0 Å². The van der Waals surface area contributed by atoms with E-state index in [0.29, 0.717) is 22.2 Å². The predicted octanol–water partition coefficient (Wildman–Crippen LogP) is 2.22. The van der Waals surface area contributed by atoms with Crippen LogP contribution in [0.1, 0.15) is 0 Å². The van der Waals surface area contributed by atoms with Crippen LogP contribution < -0.4 is 0 Å². The van der Waals surface area contributed by atoms with Crippen molar-refractivity contribution in [1.29, 1.82) is 0 Å². The molecule has 0 N–H and O–H groups in total. The van der Waals surface area contributed by atoms with Crippen LogP contribution in [0.5, 0.6) is 0 Å². The van der Waals surface area contributed by atoms with Crippen molar-refractivity contribution in [2.24, 2.45) is 0 Å². The second kappa shape index (κ2) is 5.30. The molecular formula is C12H6AgN5O4. The molecule has 0 aliphatic rings. The Labute approximate surface area is 135 Å². The van der Waals surface area contributed by atoms with Gasteiger partial charge in [-0.3, -0.25) is 0 Å². The minimum atomic E-state index is -0.526. The summed E-state index contributed by atoms with van der Waals surface area (Å²) in [6.45, 7) is 0. The molecule has 22 heavy (non-hydrogen) atoms. The van der Waals surface area contributed by atoms with E-state index in [4.69, 9.17) is 0 Å². The Bertz CT molecular complexity index is 906. The Morgan fingerprint density at radius 3 is 2.23 bits per heavy atom. The Hall–Kier alpha value is -2.62. The van der Waals surface area contributed by atoms with Crippen LogP contribution in [0.25, 0.3) is 22.2 Å². The van der Waals surface area contributed by atoms with Crippen LogP contribution in [0, 0.1) is 20.2 Å². The van der Waals surface area contributed by atoms with E-state index in [9.17, 15) is 20.2 Å². The van der Waals surface area contributed by atoms with Gasteiger partial charge in [-0.1, -0.05) is 0 Å². The van der Waals surface area contributed by atoms with E-state index in [1.807, 2.05) is 0 Å². The van der Waals surface area contributed by atoms with Gasteiger partial charge in [0.1, 0.15) is 0 Å². The number of hydrogen-bond donors (Lipinski definition) is 0. The van der Waals surface area contributed by atoms with Crippen LogP contribution in [0.2, 0.25) is 0 Å². The first-order valence-corrected chi connectivity index (χ1v) is 6.55. The summed E-state index contributed by atoms with van der Waals surface area (Å²) in [7, 11) is 0. The molecule has 0 atom stereocenters. The van der Waals surface area contributed by atoms with Gasteiger partial charge in [-0.15, -0.1) is 0 Å². The zero-order chi connectivity index (χ0) is 15.9. The standard InChI is InChI=1S/C12H6N5O4.Ag/c18-16(19)8-3-1-7(2-4-8)10-5-9(17(20)21)6-11-12(10)14-15-13-11;/h1-6H;/q-1;+1. The first kappa shape index (κ1) is 14.3. The molecule has 0 radical (unpaired) electrons. The number of aromatic nitrogens is 3. The molecule has 0 amide bonds. The van der Waals surface area contributed by atoms with E-state index in [1.165, 1.54) is 39.5 Å². The molecule has 114 valence electrons. The Kier molecular flexibility index (Phi) is 3.45. The molecule has 0 spiro atoms. The summed E-state index contributed by atoms with van der Waals surface area (Å²) in [4.78, 5) is 20.7. The van der Waals surface area contributed by atoms with Crippen molar-refractivity contribution >= 4 is 22.4 Å². The van der Waals surface area contributed by atoms with Crippen LogP contribution >= 0.6 is 0 Å². The average molecular weight is 392 g/mol. The molecule has 9 nitrogen and oxygen atoms in total. The fraction of sp³-hybridized carbons (Fsp3) is 0. The third-order valence-corrected chi connectivity index (χ3v) is 3.53. The average Bonchev–Trinajstić information content (AvgIpc) is 2.88. The third kappa shape index (κ3) is 2.37. The van der Waals surface area contributed by atoms with Gasteiger partial charge in [0.25, 0.3) is 0 Å². The molecule has 0 saturated carbocycles. The van der Waals surface area contributed by atoms with E-state index in [0.717, 1.165) is 0 Å². The van der Waals surface area contributed by atoms with Crippen LogP contribution in [0.3, 0.4) is 0 Å². The van der Waals surface area contributed by atoms with Crippen LogP contribution in [-0.2, 0) is 21.3 Å². The number of non-ortho nitro benzene ring substituents is 2. The van der Waals surface area contributed by atoms with Crippen LogP contribution in [0.4, 0.5) is 11.4 Å². The van der Waals surface area contributed by atoms with Crippen molar-refractivity contribution in [3.63, 3.8) is 0 Å². The van der Waals surface area contributed by atoms with Crippen molar-refractivity contribution < 1.29 is 31.2 Å². The Morgan fingerprint density at radius 2 is 1.64 bits per heavy atom. The maximum absolute atomic E-state index is 11.0. The first-order valence-electron chi connectivity index (χ1n) is 5.89. The molecule has 10 heteroatoms. The summed E-state index contributed by atoms with van der Waals surface area (Å²) in [5, 5.41) is 29.4. The van der Waals surface area contributed by atoms with Crippen LogP contribution in [0.15, 0.2) is 36.4 Å². The van der Waals surface area contributed by atoms with E-state index in [1.54, 1.807) is 0 Å². The molecule has 0 bridgehead atoms. The number of nitrogens with zero attached hydrogens (tertiary/aromatic N) is 5. The van der Waals surface area contributed by atoms with Gasteiger partial charge >= 0.3 is 135 Å². The molecule has 0 aliphatic heterocycles. The van der Waals surface area contributed by atoms with Crippen LogP contribution in [-0.4, -0.2) is 23.2 Å². The maximum atomic E-state index is 11.0. The topological polar surface area (TPSA) is 117 Å². The number of nitro groups is 2. The molecule has 3 rings (SSSR count). The molecule has 3 aromatic rings. The summed E-state index contributed by atoms with van der Waals surface area (Å²) >= 11 is 3.20. The number of nitro benzene ring substituents is 2. The molecular weight excluding hydrogens is 386 g/mol. The molecule has 2 aromatic carbocycles. The molecule has 0 saturated heterocycles. The van der Waals surface area contributed by atoms with Gasteiger partial charge in [-0.05, 0) is 0 Å². The van der Waals surface area contributed by atoms with Crippen molar-refractivity contribution in [3.8, 4) is 11.1 Å². The normalized spacial score (nSPS) is 10.8. The second-order valence-electron chi connectivity index (χ2n) is 4.34. The monoisotopic (exact) mass is 391 g/mol. The summed E-state index contributed by atoms with van der Waals surface area (Å²) in [5.74, 6) is 0. The number of rotatable bonds is 3. The third-order valence-electron chi connectivity index (χ3n) is 3.07. The molecule has 1 aromatic heterocycles. The summed E-state index contributed by atoms with van der Waals surface area (Å²) in [6, 6.07) is 8.41. The van der Waals surface area contributed by atoms with Gasteiger partial charge in [-0.2, -0.15) is 0 Å². The number of hydrogen-bond acceptors (Lipinski definition) is 6. The van der Waals surface area contributed by atoms with E-state index in [-0.39, 0.29) is 11.4 Å². The predicted molar refractivity (Wildman–Crippen MR) is 71.7 cm³/mol. The molecule has 0 aliphatic carbocycles. The molecule has 0 fully saturated rings. The van der Waals surface area contributed by atoms with Gasteiger partial charge in [-0.25, -0.2) is 0 Å². The summed E-state index contributed by atoms with van der Waals surface area (Å²) in [6.07, 6.45) is 0. The first-order chi connectivity index (χ1) is 10.5. The quantitative estimate of drug-likeness (QED) is 0.383. The fourth-order valence-corrected chi connectivity index (χ4v) is 2.49. The Morgan fingerprint density at radius 1 is 1.00 bits per heavy atom. The second-order valence-corrected chi connectivity index (χ2v) is 4.97. The van der Waals surface area contributed by atoms with Crippen molar-refractivity contribution in [3.05, 3.63) is 56.6 Å². The zero-order valence-electron chi connectivity index (χ0n) is 10.6. The van der Waals surface area contributed by atoms with Gasteiger partial charge in [0.15, 0.2) is 0 Å². The van der Waals surface area contributed by atoms with Gasteiger partial charge < -0.3 is 0 Å². The van der Waals surface area contributed by atoms with Crippen molar-refractivity contribution in [2.75, 3.05) is 0 Å². The fourth-order valence-electron chi connectivity index (χ4n) is 2.07. The number of fused-ring (bicyclic) bond motifs is 1. The van der Waals surface area contributed by atoms with Gasteiger partial charge in [0.05, 0.1) is 0 Å². The van der Waals surface area contributed by atoms with E-state index >= 15 is 0 Å². The van der Waals surface area contributed by atoms with Crippen molar-refractivity contribution in [1.82, 2.24) is 13.4 Å².